The molecule has 3 aliphatic carbocycles. The van der Waals surface area contributed by atoms with Crippen LogP contribution in [0.3, 0.4) is 0 Å². The molecular formula is C67H75ClN2O15S. The number of aliphatic hydroxyl groups is 3. The maximum absolute atomic E-state index is 14.2. The second-order valence-corrected chi connectivity index (χ2v) is 26.6. The van der Waals surface area contributed by atoms with E-state index in [2.05, 4.69) is 85.7 Å². The molecule has 6 aliphatic rings. The van der Waals surface area contributed by atoms with Gasteiger partial charge in [-0.05, 0) is 100 Å². The number of carbonyl (C=O) groups is 4. The summed E-state index contributed by atoms with van der Waals surface area (Å²) in [5.41, 5.74) is 4.00. The molecule has 0 bridgehead atoms. The topological polar surface area (TPSA) is 261 Å². The zero-order valence-electron chi connectivity index (χ0n) is 49.4. The minimum Gasteiger partial charge on any atom is -0.748 e. The highest BCUT2D eigenvalue weighted by atomic mass is 35.5. The number of fused-ring (bicyclic) bond motifs is 5. The van der Waals surface area contributed by atoms with Gasteiger partial charge in [0, 0.05) is 107 Å². The van der Waals surface area contributed by atoms with Gasteiger partial charge in [0.2, 0.25) is 11.5 Å². The Morgan fingerprint density at radius 1 is 0.884 bits per heavy atom. The molecule has 0 saturated carbocycles. The predicted molar refractivity (Wildman–Crippen MR) is 323 cm³/mol. The molecule has 0 aromatic heterocycles. The lowest BCUT2D eigenvalue weighted by Crippen LogP contribution is -2.49. The Morgan fingerprint density at radius 3 is 2.34 bits per heavy atom. The Labute approximate surface area is 506 Å². The van der Waals surface area contributed by atoms with Crippen LogP contribution in [0.25, 0.3) is 0 Å². The minimum atomic E-state index is -4.31. The van der Waals surface area contributed by atoms with Gasteiger partial charge in [-0.25, -0.2) is 8.42 Å². The van der Waals surface area contributed by atoms with E-state index in [0.29, 0.717) is 37.4 Å². The number of para-hydroxylation sites is 2. The van der Waals surface area contributed by atoms with Gasteiger partial charge >= 0.3 is 0 Å². The van der Waals surface area contributed by atoms with E-state index in [1.54, 1.807) is 6.92 Å². The highest BCUT2D eigenvalue weighted by Crippen LogP contribution is 2.54. The molecular weight excluding hydrogens is 1140 g/mol. The third-order valence-corrected chi connectivity index (χ3v) is 19.7. The average Bonchev–Trinajstić information content (AvgIpc) is 1.01. The van der Waals surface area contributed by atoms with Gasteiger partial charge in [0.15, 0.2) is 23.6 Å². The first-order chi connectivity index (χ1) is 40.8. The van der Waals surface area contributed by atoms with Crippen molar-refractivity contribution in [3.8, 4) is 17.2 Å². The van der Waals surface area contributed by atoms with Crippen molar-refractivity contribution in [2.24, 2.45) is 5.92 Å². The number of aromatic hydroxyl groups is 2. The van der Waals surface area contributed by atoms with Crippen molar-refractivity contribution < 1.29 is 76.5 Å². The van der Waals surface area contributed by atoms with Crippen LogP contribution in [0.4, 0.5) is 11.4 Å². The van der Waals surface area contributed by atoms with Crippen LogP contribution in [-0.4, -0.2) is 129 Å². The summed E-state index contributed by atoms with van der Waals surface area (Å²) < 4.78 is 54.3. The number of halogens is 1. The van der Waals surface area contributed by atoms with E-state index >= 15 is 0 Å². The first kappa shape index (κ1) is 62.4. The predicted octanol–water partition coefficient (Wildman–Crippen LogP) is 9.66. The van der Waals surface area contributed by atoms with Crippen molar-refractivity contribution >= 4 is 61.9 Å². The van der Waals surface area contributed by atoms with Crippen molar-refractivity contribution in [3.05, 3.63) is 157 Å². The van der Waals surface area contributed by atoms with Crippen molar-refractivity contribution in [1.82, 2.24) is 0 Å². The SMILES string of the molecule is COc1cccc2c1C(=O)c1c(O)c3c(c(O)c1C2=O)C[C@@](O)(C(=O)CO)C[C@@H]3O[C@H]1C[C@H](CC(=O)CCCCN2/C(=C/C=C3\CCCC(/C=C/C4=[N+](CCCCS(=O)(=O)[O-])c5ccccc5C4(C)C)=C3Cl)C(C)(C)c3ccccc32)[C@@H](O)[C@H](C)O1. The van der Waals surface area contributed by atoms with Crippen molar-refractivity contribution in [2.75, 3.05) is 37.5 Å². The number of ether oxygens (including phenoxy) is 3. The number of nitrogens with zero attached hydrogens (tertiary/aromatic N) is 2. The Morgan fingerprint density at radius 2 is 1.60 bits per heavy atom. The number of rotatable bonds is 20. The molecule has 6 atom stereocenters. The number of methoxy groups -OCH3 is 1. The largest absolute Gasteiger partial charge is 0.748 e. The molecule has 1 saturated heterocycles. The van der Waals surface area contributed by atoms with Crippen molar-refractivity contribution in [2.45, 2.75) is 153 Å². The van der Waals surface area contributed by atoms with Crippen LogP contribution < -0.4 is 9.64 Å². The molecule has 17 nitrogen and oxygen atoms in total. The fourth-order valence-electron chi connectivity index (χ4n) is 13.9. The summed E-state index contributed by atoms with van der Waals surface area (Å²) in [6.07, 6.45) is 7.46. The number of benzene rings is 4. The maximum Gasteiger partial charge on any atom is 0.209 e. The van der Waals surface area contributed by atoms with E-state index in [1.165, 1.54) is 36.4 Å². The Kier molecular flexibility index (Phi) is 17.8. The molecule has 3 aliphatic heterocycles. The number of allylic oxidation sites excluding steroid dienone is 8. The second-order valence-electron chi connectivity index (χ2n) is 24.7. The molecule has 10 rings (SSSR count). The molecule has 456 valence electrons. The monoisotopic (exact) mass is 1210 g/mol. The Balaban J connectivity index is 0.826. The summed E-state index contributed by atoms with van der Waals surface area (Å²) in [6.45, 7) is 10.5. The summed E-state index contributed by atoms with van der Waals surface area (Å²) in [7, 11) is -2.99. The van der Waals surface area contributed by atoms with Gasteiger partial charge in [-0.3, -0.25) is 19.2 Å². The van der Waals surface area contributed by atoms with Crippen LogP contribution in [0.1, 0.15) is 165 Å². The number of unbranched alkanes of at least 4 members (excludes halogenated alkanes) is 2. The third kappa shape index (κ3) is 11.7. The minimum absolute atomic E-state index is 0.0230. The van der Waals surface area contributed by atoms with E-state index in [1.807, 2.05) is 24.3 Å². The molecule has 4 aromatic carbocycles. The fraction of sp³-hybridized carbons (Fsp3) is 0.448. The lowest BCUT2D eigenvalue weighted by molar-refractivity contribution is -0.438. The number of Topliss-reactive ketones (excluding diaryl/α,β-unsaturated/α-hetero) is 2. The van der Waals surface area contributed by atoms with Gasteiger partial charge in [-0.15, -0.1) is 0 Å². The van der Waals surface area contributed by atoms with E-state index in [4.69, 9.17) is 25.8 Å². The molecule has 4 aromatic rings. The number of phenolic OH excluding ortho intramolecular Hbond substituents is 2. The van der Waals surface area contributed by atoms with Crippen LogP contribution in [0.15, 0.2) is 113 Å². The van der Waals surface area contributed by atoms with Crippen LogP contribution in [0, 0.1) is 5.92 Å². The van der Waals surface area contributed by atoms with E-state index in [0.717, 1.165) is 53.2 Å². The van der Waals surface area contributed by atoms with E-state index < -0.39 is 111 Å². The van der Waals surface area contributed by atoms with Gasteiger partial charge in [-0.2, -0.15) is 4.58 Å². The summed E-state index contributed by atoms with van der Waals surface area (Å²) in [5, 5.41) is 57.7. The number of anilines is 1. The molecule has 86 heavy (non-hydrogen) atoms. The molecule has 19 heteroatoms. The summed E-state index contributed by atoms with van der Waals surface area (Å²) in [6, 6.07) is 20.9. The van der Waals surface area contributed by atoms with Gasteiger partial charge < -0.3 is 49.2 Å². The maximum atomic E-state index is 14.2. The number of carbonyl (C=O) groups excluding carboxylic acids is 4. The number of aliphatic hydroxyl groups excluding tert-OH is 2. The zero-order valence-corrected chi connectivity index (χ0v) is 50.9. The summed E-state index contributed by atoms with van der Waals surface area (Å²) in [4.78, 5) is 57.6. The lowest BCUT2D eigenvalue weighted by atomic mass is 9.72. The average molecular weight is 1220 g/mol. The number of ketones is 4. The van der Waals surface area contributed by atoms with Crippen LogP contribution in [0.2, 0.25) is 0 Å². The Bertz CT molecular complexity index is 3710. The number of phenols is 2. The second kappa shape index (κ2) is 24.5. The number of hydrogen-bond donors (Lipinski definition) is 5. The summed E-state index contributed by atoms with van der Waals surface area (Å²) in [5.74, 6) is -5.15. The van der Waals surface area contributed by atoms with E-state index in [9.17, 15) is 57.7 Å². The van der Waals surface area contributed by atoms with Gasteiger partial charge in [0.1, 0.15) is 41.8 Å². The zero-order chi connectivity index (χ0) is 61.8. The molecule has 0 unspecified atom stereocenters. The van der Waals surface area contributed by atoms with Crippen molar-refractivity contribution in [1.29, 1.82) is 0 Å². The quantitative estimate of drug-likeness (QED) is 0.0210. The molecule has 5 N–H and O–H groups in total. The first-order valence-corrected chi connectivity index (χ1v) is 31.5. The Hall–Kier alpha value is -6.61. The van der Waals surface area contributed by atoms with Crippen LogP contribution >= 0.6 is 11.6 Å². The third-order valence-electron chi connectivity index (χ3n) is 18.4. The van der Waals surface area contributed by atoms with Gasteiger partial charge in [-0.1, -0.05) is 86.1 Å². The van der Waals surface area contributed by atoms with Crippen LogP contribution in [0.5, 0.6) is 17.2 Å². The van der Waals surface area contributed by atoms with Crippen molar-refractivity contribution in [3.63, 3.8) is 0 Å². The van der Waals surface area contributed by atoms with Crippen LogP contribution in [-0.2, 0) is 46.4 Å². The molecule has 0 amide bonds. The summed E-state index contributed by atoms with van der Waals surface area (Å²) >= 11 is 7.31. The highest BCUT2D eigenvalue weighted by Gasteiger charge is 2.51. The normalized spacial score (nSPS) is 25.0. The first-order valence-electron chi connectivity index (χ1n) is 29.6. The van der Waals surface area contributed by atoms with Gasteiger partial charge in [0.05, 0.1) is 57.6 Å². The lowest BCUT2D eigenvalue weighted by Gasteiger charge is -2.42. The molecule has 0 radical (unpaired) electrons. The molecule has 0 spiro atoms. The van der Waals surface area contributed by atoms with Gasteiger partial charge in [0.25, 0.3) is 0 Å². The van der Waals surface area contributed by atoms with E-state index in [-0.39, 0.29) is 70.3 Å². The molecule has 1 fully saturated rings. The smallest absolute Gasteiger partial charge is 0.209 e. The highest BCUT2D eigenvalue weighted by molar-refractivity contribution is 7.85. The fourth-order valence-corrected chi connectivity index (χ4v) is 14.8. The number of hydrogen-bond acceptors (Lipinski definition) is 16. The standard InChI is InChI=1S/C67H75ClN2O15S/c1-38-60(74)41(34-54(84-38)85-50-36-67(79,53(73)37-71)35-44-56(50)64(78)58-57(62(44)76)61(75)43-20-16-25-49(83-6)55(43)63(58)77)33-42(72)19-11-12-30-69-47-23-9-7-21-45(47)65(2,3)51(69)28-26-39-17-15-18-40(59(39)68)27-29-52-66(4,5)46-22-8-10-24-48(46)70(52)31-13-14-32-86(80,81)82/h7-10,16,20-29,38,41,50,54,60,71,74,79H,11-15,17-19,30-37H2,1-6H3,(H2-,75,76,77,78,80,81,82)/t38-,41-,50-,54-,60-,67-/m0/s1. The molecule has 3 heterocycles.